The zero-order valence-corrected chi connectivity index (χ0v) is 25.6. The summed E-state index contributed by atoms with van der Waals surface area (Å²) >= 11 is 1.42. The smallest absolute Gasteiger partial charge is 0.453 e. The summed E-state index contributed by atoms with van der Waals surface area (Å²) in [5.74, 6) is -2.03. The summed E-state index contributed by atoms with van der Waals surface area (Å²) in [6, 6.07) is 5.72. The van der Waals surface area contributed by atoms with Crippen LogP contribution in [0.15, 0.2) is 18.2 Å². The van der Waals surface area contributed by atoms with Crippen LogP contribution < -0.4 is 0 Å². The van der Waals surface area contributed by atoms with Crippen molar-refractivity contribution in [3.05, 3.63) is 29.3 Å². The van der Waals surface area contributed by atoms with Crippen LogP contribution in [0.2, 0.25) is 0 Å². The summed E-state index contributed by atoms with van der Waals surface area (Å²) < 4.78 is 77.4. The highest BCUT2D eigenvalue weighted by Gasteiger charge is 2.60. The lowest BCUT2D eigenvalue weighted by atomic mass is 9.52. The monoisotopic (exact) mass is 623 g/mol. The first-order valence-corrected chi connectivity index (χ1v) is 16.7. The van der Waals surface area contributed by atoms with Crippen molar-refractivity contribution < 1.29 is 36.6 Å². The number of rotatable bonds is 14. The van der Waals surface area contributed by atoms with E-state index in [1.54, 1.807) is 6.07 Å². The number of phenolic OH excluding ortho intramolecular Hbond substituents is 1. The van der Waals surface area contributed by atoms with E-state index >= 15 is 0 Å². The third kappa shape index (κ3) is 7.56. The average molecular weight is 624 g/mol. The summed E-state index contributed by atoms with van der Waals surface area (Å²) in [4.78, 5) is 2.24. The van der Waals surface area contributed by atoms with E-state index in [9.17, 15) is 36.6 Å². The molecule has 4 rings (SSSR count). The molecular formula is C32H47F6NO2S. The number of alkyl halides is 6. The molecule has 2 saturated carbocycles. The molecular weight excluding hydrogens is 576 g/mol. The summed E-state index contributed by atoms with van der Waals surface area (Å²) in [5.41, 5.74) is 2.14. The van der Waals surface area contributed by atoms with E-state index in [4.69, 9.17) is 0 Å². The lowest BCUT2D eigenvalue weighted by molar-refractivity contribution is -0.284. The zero-order chi connectivity index (χ0) is 30.7. The topological polar surface area (TPSA) is 43.7 Å². The Morgan fingerprint density at radius 3 is 2.48 bits per heavy atom. The molecule has 1 aromatic rings. The minimum Gasteiger partial charge on any atom is -0.508 e. The molecule has 0 amide bonds. The van der Waals surface area contributed by atoms with Crippen LogP contribution in [0, 0.1) is 23.2 Å². The van der Waals surface area contributed by atoms with Crippen molar-refractivity contribution in [1.29, 1.82) is 0 Å². The molecule has 0 aliphatic heterocycles. The minimum absolute atomic E-state index is 0.155. The highest BCUT2D eigenvalue weighted by molar-refractivity contribution is 7.99. The molecule has 42 heavy (non-hydrogen) atoms. The van der Waals surface area contributed by atoms with E-state index < -0.39 is 30.8 Å². The van der Waals surface area contributed by atoms with E-state index in [1.807, 2.05) is 13.1 Å². The molecule has 2 N–H and O–H groups in total. The van der Waals surface area contributed by atoms with Gasteiger partial charge < -0.3 is 15.1 Å². The predicted molar refractivity (Wildman–Crippen MR) is 156 cm³/mol. The number of unbranched alkanes of at least 4 members (excludes halogenated alkanes) is 2. The molecule has 0 unspecified atom stereocenters. The van der Waals surface area contributed by atoms with E-state index in [-0.39, 0.29) is 23.5 Å². The summed E-state index contributed by atoms with van der Waals surface area (Å²) in [5, 5.41) is 20.9. The number of aromatic hydroxyl groups is 1. The predicted octanol–water partition coefficient (Wildman–Crippen LogP) is 8.38. The number of hydrogen-bond acceptors (Lipinski definition) is 4. The standard InChI is InChI=1S/C32H47F6NO2S/c1-30-13-11-25-24-10-9-23(40)19-22(24)18-21(28(25)26(30)20-27(33)29(30)41)8-4-3-5-14-39(2)15-7-17-42-16-6-12-31(34,35)32(36,37)38/h9-10,19,21,25-29,40-41H,3-8,11-18,20H2,1-2H3/t21-,25-,26+,27-,28-,29-,30+/m1/s1. The van der Waals surface area contributed by atoms with Gasteiger partial charge in [0.25, 0.3) is 0 Å². The number of aliphatic hydroxyl groups excluding tert-OH is 1. The Morgan fingerprint density at radius 2 is 1.74 bits per heavy atom. The van der Waals surface area contributed by atoms with Gasteiger partial charge in [-0.1, -0.05) is 25.8 Å². The van der Waals surface area contributed by atoms with Crippen LogP contribution in [0.3, 0.4) is 0 Å². The van der Waals surface area contributed by atoms with E-state index in [2.05, 4.69) is 17.9 Å². The average Bonchev–Trinajstić information content (AvgIpc) is 3.15. The summed E-state index contributed by atoms with van der Waals surface area (Å²) in [6.07, 6.45) is -0.650. The first-order valence-electron chi connectivity index (χ1n) is 15.6. The molecule has 10 heteroatoms. The van der Waals surface area contributed by atoms with Crippen molar-refractivity contribution in [2.75, 3.05) is 31.6 Å². The van der Waals surface area contributed by atoms with E-state index in [0.717, 1.165) is 70.2 Å². The Kier molecular flexibility index (Phi) is 11.2. The van der Waals surface area contributed by atoms with E-state index in [0.29, 0.717) is 29.9 Å². The van der Waals surface area contributed by atoms with Gasteiger partial charge in [-0.15, -0.1) is 0 Å². The SMILES string of the molecule is CN(CCCCC[C@@H]1Cc2cc(O)ccc2[C@H]2CC[C@]3(C)[C@H](O)[C@H](F)C[C@H]3[C@H]12)CCCSCCCC(F)(F)C(F)(F)F. The van der Waals surface area contributed by atoms with E-state index in [1.165, 1.54) is 22.9 Å². The number of halogens is 6. The molecule has 1 aromatic carbocycles. The molecule has 3 aliphatic rings. The van der Waals surface area contributed by atoms with Crippen molar-refractivity contribution >= 4 is 11.8 Å². The number of aliphatic hydroxyl groups is 1. The van der Waals surface area contributed by atoms with Crippen LogP contribution >= 0.6 is 11.8 Å². The van der Waals surface area contributed by atoms with Gasteiger partial charge in [-0.05, 0) is 135 Å². The largest absolute Gasteiger partial charge is 0.508 e. The van der Waals surface area contributed by atoms with Gasteiger partial charge in [0.15, 0.2) is 0 Å². The Balaban J connectivity index is 1.18. The molecule has 0 spiro atoms. The molecule has 0 saturated heterocycles. The zero-order valence-electron chi connectivity index (χ0n) is 24.8. The number of thioether (sulfide) groups is 1. The highest BCUT2D eigenvalue weighted by atomic mass is 32.2. The first kappa shape index (κ1) is 33.8. The van der Waals surface area contributed by atoms with Gasteiger partial charge in [0.2, 0.25) is 0 Å². The number of nitrogens with zero attached hydrogens (tertiary/aromatic N) is 1. The summed E-state index contributed by atoms with van der Waals surface area (Å²) in [6.45, 7) is 3.87. The Morgan fingerprint density at radius 1 is 1.02 bits per heavy atom. The molecule has 3 nitrogen and oxygen atoms in total. The highest BCUT2D eigenvalue weighted by Crippen LogP contribution is 2.63. The Labute approximate surface area is 250 Å². The van der Waals surface area contributed by atoms with Gasteiger partial charge in [0.05, 0.1) is 6.10 Å². The summed E-state index contributed by atoms with van der Waals surface area (Å²) in [7, 11) is 2.05. The quantitative estimate of drug-likeness (QED) is 0.161. The van der Waals surface area contributed by atoms with Gasteiger partial charge in [0.1, 0.15) is 11.9 Å². The second-order valence-electron chi connectivity index (χ2n) is 13.3. The maximum Gasteiger partial charge on any atom is 0.453 e. The lowest BCUT2D eigenvalue weighted by Gasteiger charge is -2.53. The second kappa shape index (κ2) is 13.9. The van der Waals surface area contributed by atoms with Crippen LogP contribution in [0.4, 0.5) is 26.3 Å². The number of fused-ring (bicyclic) bond motifs is 5. The van der Waals surface area contributed by atoms with Crippen LogP contribution in [0.5, 0.6) is 5.75 Å². The molecule has 0 heterocycles. The van der Waals surface area contributed by atoms with Crippen molar-refractivity contribution in [1.82, 2.24) is 4.90 Å². The molecule has 0 bridgehead atoms. The van der Waals surface area contributed by atoms with Gasteiger partial charge in [-0.2, -0.15) is 33.7 Å². The fourth-order valence-electron chi connectivity index (χ4n) is 8.16. The Hall–Kier alpha value is -1.13. The van der Waals surface area contributed by atoms with Gasteiger partial charge in [0, 0.05) is 6.42 Å². The molecule has 2 fully saturated rings. The molecule has 0 radical (unpaired) electrons. The van der Waals surface area contributed by atoms with Crippen LogP contribution in [-0.4, -0.2) is 71.1 Å². The number of benzene rings is 1. The van der Waals surface area contributed by atoms with Crippen molar-refractivity contribution in [2.45, 2.75) is 108 Å². The third-order valence-corrected chi connectivity index (χ3v) is 11.6. The lowest BCUT2D eigenvalue weighted by Crippen LogP contribution is -2.47. The molecule has 7 atom stereocenters. The maximum absolute atomic E-state index is 14.8. The fourth-order valence-corrected chi connectivity index (χ4v) is 9.05. The van der Waals surface area contributed by atoms with Crippen LogP contribution in [0.1, 0.15) is 88.2 Å². The van der Waals surface area contributed by atoms with Crippen LogP contribution in [0.25, 0.3) is 0 Å². The van der Waals surface area contributed by atoms with Gasteiger partial charge >= 0.3 is 12.1 Å². The van der Waals surface area contributed by atoms with Crippen LogP contribution in [-0.2, 0) is 6.42 Å². The van der Waals surface area contributed by atoms with Gasteiger partial charge in [-0.25, -0.2) is 4.39 Å². The molecule has 240 valence electrons. The van der Waals surface area contributed by atoms with Gasteiger partial charge in [-0.3, -0.25) is 0 Å². The van der Waals surface area contributed by atoms with Crippen molar-refractivity contribution in [3.8, 4) is 5.75 Å². The Bertz CT molecular complexity index is 1030. The third-order valence-electron chi connectivity index (χ3n) is 10.5. The first-order chi connectivity index (χ1) is 19.7. The maximum atomic E-state index is 14.8. The number of hydrogen-bond donors (Lipinski definition) is 2. The molecule has 3 aliphatic carbocycles. The van der Waals surface area contributed by atoms with Crippen molar-refractivity contribution in [3.63, 3.8) is 0 Å². The normalized spacial score (nSPS) is 31.2. The van der Waals surface area contributed by atoms with Crippen molar-refractivity contribution in [2.24, 2.45) is 23.2 Å². The minimum atomic E-state index is -5.47. The number of phenols is 1. The fraction of sp³-hybridized carbons (Fsp3) is 0.812. The molecule has 0 aromatic heterocycles. The second-order valence-corrected chi connectivity index (χ2v) is 14.5.